The zero-order valence-corrected chi connectivity index (χ0v) is 12.9. The first kappa shape index (κ1) is 14.0. The zero-order valence-electron chi connectivity index (χ0n) is 11.3. The molecule has 3 rings (SSSR count). The molecule has 1 amide bonds. The van der Waals surface area contributed by atoms with Crippen LogP contribution in [0.4, 0.5) is 11.4 Å². The number of carbonyl (C=O) groups excluding carboxylic acids is 1. The first-order valence-electron chi connectivity index (χ1n) is 6.42. The Bertz CT molecular complexity index is 724. The standard InChI is InChI=1S/C16H12N2OS2/c1-11-7-9-12(10-8-11)17-14-15(19)18(16(20)21-14)13-5-3-2-4-6-13/h2-10H,1H3. The van der Waals surface area contributed by atoms with Gasteiger partial charge in [-0.2, -0.15) is 0 Å². The maximum atomic E-state index is 12.5. The fraction of sp³-hybridized carbons (Fsp3) is 0.0625. The monoisotopic (exact) mass is 312 g/mol. The van der Waals surface area contributed by atoms with Gasteiger partial charge in [-0.25, -0.2) is 4.99 Å². The van der Waals surface area contributed by atoms with Gasteiger partial charge >= 0.3 is 0 Å². The normalized spacial score (nSPS) is 16.8. The van der Waals surface area contributed by atoms with Gasteiger partial charge in [-0.05, 0) is 43.0 Å². The van der Waals surface area contributed by atoms with E-state index < -0.39 is 0 Å². The Morgan fingerprint density at radius 2 is 1.71 bits per heavy atom. The van der Waals surface area contributed by atoms with Crippen LogP contribution in [0.25, 0.3) is 0 Å². The van der Waals surface area contributed by atoms with Crippen molar-refractivity contribution in [2.75, 3.05) is 4.90 Å². The van der Waals surface area contributed by atoms with Gasteiger partial charge in [-0.1, -0.05) is 48.1 Å². The van der Waals surface area contributed by atoms with Crippen LogP contribution in [0.2, 0.25) is 0 Å². The molecule has 0 atom stereocenters. The quantitative estimate of drug-likeness (QED) is 0.783. The molecule has 1 saturated heterocycles. The summed E-state index contributed by atoms with van der Waals surface area (Å²) in [6.45, 7) is 2.01. The van der Waals surface area contributed by atoms with E-state index in [4.69, 9.17) is 12.2 Å². The highest BCUT2D eigenvalue weighted by Gasteiger charge is 2.34. The third-order valence-electron chi connectivity index (χ3n) is 3.03. The highest BCUT2D eigenvalue weighted by atomic mass is 32.2. The summed E-state index contributed by atoms with van der Waals surface area (Å²) in [5.74, 6) is -0.170. The van der Waals surface area contributed by atoms with Crippen LogP contribution in [0.1, 0.15) is 5.56 Å². The minimum Gasteiger partial charge on any atom is -0.266 e. The summed E-state index contributed by atoms with van der Waals surface area (Å²) in [4.78, 5) is 18.4. The number of anilines is 1. The molecule has 21 heavy (non-hydrogen) atoms. The second-order valence-corrected chi connectivity index (χ2v) is 6.22. The average Bonchev–Trinajstić information content (AvgIpc) is 2.77. The number of hydrogen-bond acceptors (Lipinski definition) is 4. The molecular weight excluding hydrogens is 300 g/mol. The van der Waals surface area contributed by atoms with Gasteiger partial charge < -0.3 is 0 Å². The van der Waals surface area contributed by atoms with E-state index in [1.54, 1.807) is 0 Å². The fourth-order valence-electron chi connectivity index (χ4n) is 1.96. The van der Waals surface area contributed by atoms with E-state index in [1.165, 1.54) is 16.7 Å². The van der Waals surface area contributed by atoms with Crippen molar-refractivity contribution in [3.8, 4) is 0 Å². The summed E-state index contributed by atoms with van der Waals surface area (Å²) in [7, 11) is 0. The van der Waals surface area contributed by atoms with E-state index in [9.17, 15) is 4.79 Å². The molecule has 5 heteroatoms. The Hall–Kier alpha value is -1.98. The summed E-state index contributed by atoms with van der Waals surface area (Å²) >= 11 is 6.53. The van der Waals surface area contributed by atoms with Gasteiger partial charge in [0.25, 0.3) is 5.91 Å². The Balaban J connectivity index is 1.92. The van der Waals surface area contributed by atoms with E-state index in [2.05, 4.69) is 4.99 Å². The van der Waals surface area contributed by atoms with Gasteiger partial charge in [0.05, 0.1) is 11.4 Å². The lowest BCUT2D eigenvalue weighted by molar-refractivity contribution is -0.111. The number of amides is 1. The van der Waals surface area contributed by atoms with E-state index in [-0.39, 0.29) is 5.91 Å². The number of hydrogen-bond donors (Lipinski definition) is 0. The van der Waals surface area contributed by atoms with Gasteiger partial charge in [0.15, 0.2) is 9.36 Å². The van der Waals surface area contributed by atoms with Crippen molar-refractivity contribution in [1.82, 2.24) is 0 Å². The molecule has 0 N–H and O–H groups in total. The van der Waals surface area contributed by atoms with Gasteiger partial charge in [0.1, 0.15) is 0 Å². The fourth-order valence-corrected chi connectivity index (χ4v) is 3.16. The molecule has 0 aliphatic carbocycles. The minimum absolute atomic E-state index is 0.170. The number of carbonyl (C=O) groups is 1. The number of rotatable bonds is 2. The third-order valence-corrected chi connectivity index (χ3v) is 4.28. The molecule has 0 aromatic heterocycles. The Morgan fingerprint density at radius 1 is 1.05 bits per heavy atom. The van der Waals surface area contributed by atoms with Gasteiger partial charge in [0, 0.05) is 0 Å². The summed E-state index contributed by atoms with van der Waals surface area (Å²) < 4.78 is 0.511. The first-order chi connectivity index (χ1) is 10.1. The van der Waals surface area contributed by atoms with Gasteiger partial charge in [0.2, 0.25) is 0 Å². The lowest BCUT2D eigenvalue weighted by Crippen LogP contribution is -2.29. The Kier molecular flexibility index (Phi) is 3.86. The third kappa shape index (κ3) is 2.89. The summed E-state index contributed by atoms with van der Waals surface area (Å²) in [6.07, 6.45) is 0. The molecule has 0 radical (unpaired) electrons. The Labute approximate surface area is 132 Å². The number of thiocarbonyl (C=S) groups is 1. The maximum Gasteiger partial charge on any atom is 0.289 e. The van der Waals surface area contributed by atoms with Crippen molar-refractivity contribution in [2.24, 2.45) is 4.99 Å². The van der Waals surface area contributed by atoms with Crippen LogP contribution in [-0.2, 0) is 4.79 Å². The number of aliphatic imine (C=N–C) groups is 1. The van der Waals surface area contributed by atoms with E-state index in [0.717, 1.165) is 16.9 Å². The van der Waals surface area contributed by atoms with Crippen LogP contribution in [0.3, 0.4) is 0 Å². The van der Waals surface area contributed by atoms with Crippen molar-refractivity contribution in [3.63, 3.8) is 0 Å². The number of benzene rings is 2. The largest absolute Gasteiger partial charge is 0.289 e. The molecule has 1 aliphatic heterocycles. The predicted octanol–water partition coefficient (Wildman–Crippen LogP) is 4.09. The molecule has 0 saturated carbocycles. The van der Waals surface area contributed by atoms with Crippen molar-refractivity contribution in [3.05, 3.63) is 60.2 Å². The molecule has 1 aliphatic rings. The molecule has 104 valence electrons. The Morgan fingerprint density at radius 3 is 2.38 bits per heavy atom. The molecular formula is C16H12N2OS2. The molecule has 2 aromatic rings. The van der Waals surface area contributed by atoms with Gasteiger partial charge in [-0.15, -0.1) is 0 Å². The van der Waals surface area contributed by atoms with Gasteiger partial charge in [-0.3, -0.25) is 9.69 Å². The zero-order chi connectivity index (χ0) is 14.8. The number of aryl methyl sites for hydroxylation is 1. The second-order valence-electron chi connectivity index (χ2n) is 4.60. The number of para-hydroxylation sites is 1. The van der Waals surface area contributed by atoms with E-state index in [1.807, 2.05) is 61.5 Å². The highest BCUT2D eigenvalue weighted by molar-refractivity contribution is 8.35. The average molecular weight is 312 g/mol. The smallest absolute Gasteiger partial charge is 0.266 e. The summed E-state index contributed by atoms with van der Waals surface area (Å²) in [5, 5.41) is 0.410. The summed E-state index contributed by atoms with van der Waals surface area (Å²) in [6, 6.07) is 17.1. The lowest BCUT2D eigenvalue weighted by Gasteiger charge is -2.13. The van der Waals surface area contributed by atoms with Crippen LogP contribution in [0.5, 0.6) is 0 Å². The summed E-state index contributed by atoms with van der Waals surface area (Å²) in [5.41, 5.74) is 2.69. The van der Waals surface area contributed by atoms with Crippen LogP contribution in [0, 0.1) is 6.92 Å². The minimum atomic E-state index is -0.170. The van der Waals surface area contributed by atoms with Crippen LogP contribution < -0.4 is 4.90 Å². The van der Waals surface area contributed by atoms with E-state index >= 15 is 0 Å². The topological polar surface area (TPSA) is 32.7 Å². The lowest BCUT2D eigenvalue weighted by atomic mass is 10.2. The molecule has 1 heterocycles. The molecule has 3 nitrogen and oxygen atoms in total. The highest BCUT2D eigenvalue weighted by Crippen LogP contribution is 2.30. The van der Waals surface area contributed by atoms with Crippen molar-refractivity contribution in [2.45, 2.75) is 6.92 Å². The van der Waals surface area contributed by atoms with E-state index in [0.29, 0.717) is 9.36 Å². The van der Waals surface area contributed by atoms with Crippen molar-refractivity contribution < 1.29 is 4.79 Å². The molecule has 0 bridgehead atoms. The maximum absolute atomic E-state index is 12.5. The molecule has 0 unspecified atom stereocenters. The molecule has 1 fully saturated rings. The predicted molar refractivity (Wildman–Crippen MR) is 92.4 cm³/mol. The van der Waals surface area contributed by atoms with Crippen molar-refractivity contribution in [1.29, 1.82) is 0 Å². The van der Waals surface area contributed by atoms with Crippen LogP contribution in [-0.4, -0.2) is 15.3 Å². The van der Waals surface area contributed by atoms with Crippen LogP contribution >= 0.6 is 24.0 Å². The number of thioether (sulfide) groups is 1. The first-order valence-corrected chi connectivity index (χ1v) is 7.64. The SMILES string of the molecule is Cc1ccc(N=C2SC(=S)N(c3ccccc3)C2=O)cc1. The van der Waals surface area contributed by atoms with Crippen molar-refractivity contribution >= 4 is 50.6 Å². The number of nitrogens with zero attached hydrogens (tertiary/aromatic N) is 2. The molecule has 0 spiro atoms. The van der Waals surface area contributed by atoms with Crippen LogP contribution in [0.15, 0.2) is 59.6 Å². The second kappa shape index (κ2) is 5.79. The molecule has 2 aromatic carbocycles.